The van der Waals surface area contributed by atoms with E-state index in [2.05, 4.69) is 19.9 Å². The molecule has 32 heavy (non-hydrogen) atoms. The van der Waals surface area contributed by atoms with Crippen LogP contribution in [0.5, 0.6) is 0 Å². The van der Waals surface area contributed by atoms with E-state index in [1.54, 1.807) is 0 Å². The highest BCUT2D eigenvalue weighted by Crippen LogP contribution is 2.68. The Balaban J connectivity index is 1.62. The lowest BCUT2D eigenvalue weighted by atomic mass is 9.46. The molecule has 178 valence electrons. The van der Waals surface area contributed by atoms with Gasteiger partial charge in [-0.05, 0) is 68.1 Å². The number of allylic oxidation sites excluding steroid dienone is 1. The Morgan fingerprint density at radius 1 is 1.00 bits per heavy atom. The van der Waals surface area contributed by atoms with Crippen LogP contribution < -0.4 is 0 Å². The summed E-state index contributed by atoms with van der Waals surface area (Å²) in [5, 5.41) is 0. The second kappa shape index (κ2) is 8.18. The minimum atomic E-state index is -0.778. The van der Waals surface area contributed by atoms with E-state index in [1.165, 1.54) is 26.5 Å². The van der Waals surface area contributed by atoms with Crippen LogP contribution in [0.1, 0.15) is 85.5 Å². The maximum atomic E-state index is 12.3. The van der Waals surface area contributed by atoms with Crippen LogP contribution in [-0.2, 0) is 28.6 Å². The van der Waals surface area contributed by atoms with Crippen LogP contribution in [-0.4, -0.2) is 36.7 Å². The smallest absolute Gasteiger partial charge is 0.309 e. The average Bonchev–Trinajstić information content (AvgIpc) is 2.99. The molecule has 0 bridgehead atoms. The number of fused-ring (bicyclic) bond motifs is 5. The van der Waals surface area contributed by atoms with Crippen molar-refractivity contribution in [3.05, 3.63) is 11.6 Å². The normalized spacial score (nSPS) is 42.6. The average molecular weight is 447 g/mol. The molecule has 0 aromatic carbocycles. The number of carbonyl (C=O) groups excluding carboxylic acids is 3. The Morgan fingerprint density at radius 2 is 1.72 bits per heavy atom. The minimum absolute atomic E-state index is 0.000356. The number of ether oxygens (including phenoxy) is 3. The topological polar surface area (TPSA) is 78.9 Å². The molecule has 0 heterocycles. The van der Waals surface area contributed by atoms with Gasteiger partial charge in [-0.25, -0.2) is 0 Å². The zero-order chi connectivity index (χ0) is 23.3. The summed E-state index contributed by atoms with van der Waals surface area (Å²) in [7, 11) is 1.40. The minimum Gasteiger partial charge on any atom is -0.469 e. The molecule has 0 saturated heterocycles. The molecule has 6 unspecified atom stereocenters. The molecule has 7 atom stereocenters. The molecule has 0 radical (unpaired) electrons. The maximum absolute atomic E-state index is 12.3. The quantitative estimate of drug-likeness (QED) is 0.352. The van der Waals surface area contributed by atoms with Gasteiger partial charge in [-0.2, -0.15) is 0 Å². The first-order valence-electron chi connectivity index (χ1n) is 12.2. The number of hydrogen-bond acceptors (Lipinski definition) is 6. The van der Waals surface area contributed by atoms with Crippen molar-refractivity contribution in [1.29, 1.82) is 0 Å². The molecule has 0 spiro atoms. The van der Waals surface area contributed by atoms with E-state index in [0.29, 0.717) is 24.2 Å². The number of carbonyl (C=O) groups is 3. The second-order valence-corrected chi connectivity index (χ2v) is 11.1. The highest BCUT2D eigenvalue weighted by Gasteiger charge is 2.66. The van der Waals surface area contributed by atoms with Crippen LogP contribution >= 0.6 is 0 Å². The van der Waals surface area contributed by atoms with Crippen LogP contribution in [0.4, 0.5) is 0 Å². The summed E-state index contributed by atoms with van der Waals surface area (Å²) in [5.74, 6) is 0.676. The Kier molecular flexibility index (Phi) is 5.96. The predicted octanol–water partition coefficient (Wildman–Crippen LogP) is 4.75. The lowest BCUT2D eigenvalue weighted by Crippen LogP contribution is -2.56. The van der Waals surface area contributed by atoms with Gasteiger partial charge in [-0.3, -0.25) is 14.4 Å². The summed E-state index contributed by atoms with van der Waals surface area (Å²) in [6.07, 6.45) is 10.1. The molecule has 6 nitrogen and oxygen atoms in total. The summed E-state index contributed by atoms with van der Waals surface area (Å²) in [6.45, 7) is 7.58. The molecule has 3 fully saturated rings. The van der Waals surface area contributed by atoms with E-state index in [-0.39, 0.29) is 41.3 Å². The number of hydrogen-bond donors (Lipinski definition) is 0. The lowest BCUT2D eigenvalue weighted by Gasteiger charge is -2.59. The third-order valence-electron chi connectivity index (χ3n) is 9.68. The van der Waals surface area contributed by atoms with Crippen molar-refractivity contribution in [1.82, 2.24) is 0 Å². The molecule has 0 aromatic rings. The van der Waals surface area contributed by atoms with Crippen molar-refractivity contribution < 1.29 is 28.6 Å². The van der Waals surface area contributed by atoms with Gasteiger partial charge < -0.3 is 14.2 Å². The molecule has 0 aliphatic heterocycles. The lowest BCUT2D eigenvalue weighted by molar-refractivity contribution is -0.188. The molecule has 3 saturated carbocycles. The number of rotatable bonds is 4. The van der Waals surface area contributed by atoms with Crippen molar-refractivity contribution in [2.45, 2.75) is 97.2 Å². The van der Waals surface area contributed by atoms with Crippen LogP contribution in [0.25, 0.3) is 0 Å². The largest absolute Gasteiger partial charge is 0.469 e. The highest BCUT2D eigenvalue weighted by molar-refractivity contribution is 5.73. The molecule has 4 aliphatic rings. The van der Waals surface area contributed by atoms with Gasteiger partial charge in [-0.1, -0.05) is 25.5 Å². The fourth-order valence-electron chi connectivity index (χ4n) is 8.13. The zero-order valence-corrected chi connectivity index (χ0v) is 20.2. The number of esters is 3. The zero-order valence-electron chi connectivity index (χ0n) is 20.2. The molecular formula is C26H38O6. The van der Waals surface area contributed by atoms with Crippen LogP contribution in [0.15, 0.2) is 11.6 Å². The SMILES string of the molecule is COC(=O)C[C@]1(OC(C)=O)CCC2C3CC=C4CC(OC(C)=O)CCC4(C)C3CCC21C. The van der Waals surface area contributed by atoms with Crippen molar-refractivity contribution in [3.8, 4) is 0 Å². The summed E-state index contributed by atoms with van der Waals surface area (Å²) >= 11 is 0. The summed E-state index contributed by atoms with van der Waals surface area (Å²) in [5.41, 5.74) is 0.582. The molecule has 0 amide bonds. The third kappa shape index (κ3) is 3.58. The van der Waals surface area contributed by atoms with E-state index in [1.807, 2.05) is 0 Å². The monoisotopic (exact) mass is 446 g/mol. The van der Waals surface area contributed by atoms with E-state index in [4.69, 9.17) is 14.2 Å². The van der Waals surface area contributed by atoms with Gasteiger partial charge in [0.15, 0.2) is 0 Å². The van der Waals surface area contributed by atoms with Crippen molar-refractivity contribution in [3.63, 3.8) is 0 Å². The Morgan fingerprint density at radius 3 is 2.38 bits per heavy atom. The molecular weight excluding hydrogens is 408 g/mol. The van der Waals surface area contributed by atoms with E-state index in [9.17, 15) is 14.4 Å². The fourth-order valence-corrected chi connectivity index (χ4v) is 8.13. The Hall–Kier alpha value is -1.85. The molecule has 4 aliphatic carbocycles. The summed E-state index contributed by atoms with van der Waals surface area (Å²) in [6, 6.07) is 0. The van der Waals surface area contributed by atoms with Gasteiger partial charge in [0.2, 0.25) is 0 Å². The van der Waals surface area contributed by atoms with E-state index in [0.717, 1.165) is 44.9 Å². The summed E-state index contributed by atoms with van der Waals surface area (Å²) < 4.78 is 16.5. The predicted molar refractivity (Wildman–Crippen MR) is 118 cm³/mol. The first kappa shape index (κ1) is 23.3. The van der Waals surface area contributed by atoms with Gasteiger partial charge in [0, 0.05) is 25.7 Å². The highest BCUT2D eigenvalue weighted by atomic mass is 16.6. The van der Waals surface area contributed by atoms with Gasteiger partial charge in [-0.15, -0.1) is 0 Å². The van der Waals surface area contributed by atoms with Gasteiger partial charge in [0.25, 0.3) is 0 Å². The first-order chi connectivity index (χ1) is 15.0. The van der Waals surface area contributed by atoms with E-state index >= 15 is 0 Å². The fraction of sp³-hybridized carbons (Fsp3) is 0.808. The maximum Gasteiger partial charge on any atom is 0.309 e. The van der Waals surface area contributed by atoms with Gasteiger partial charge in [0.1, 0.15) is 11.7 Å². The van der Waals surface area contributed by atoms with Crippen molar-refractivity contribution in [2.75, 3.05) is 7.11 Å². The van der Waals surface area contributed by atoms with Crippen molar-refractivity contribution >= 4 is 17.9 Å². The standard InChI is InChI=1S/C26H38O6/c1-16(27)31-19-8-11-24(3)18(14-19)6-7-20-21(24)9-12-25(4)22(20)10-13-26(25,32-17(2)28)15-23(29)30-5/h6,19-22H,7-15H2,1-5H3/t19?,20?,21?,22?,24?,25?,26-/m1/s1. The number of methoxy groups -OCH3 is 1. The Labute approximate surface area is 191 Å². The van der Waals surface area contributed by atoms with Crippen molar-refractivity contribution in [2.24, 2.45) is 28.6 Å². The molecule has 0 N–H and O–H groups in total. The van der Waals surface area contributed by atoms with Crippen LogP contribution in [0.3, 0.4) is 0 Å². The van der Waals surface area contributed by atoms with Gasteiger partial charge in [0.05, 0.1) is 13.5 Å². The first-order valence-corrected chi connectivity index (χ1v) is 12.2. The Bertz CT molecular complexity index is 832. The molecule has 0 aromatic heterocycles. The van der Waals surface area contributed by atoms with Crippen LogP contribution in [0, 0.1) is 28.6 Å². The third-order valence-corrected chi connectivity index (χ3v) is 9.68. The van der Waals surface area contributed by atoms with Gasteiger partial charge >= 0.3 is 17.9 Å². The second-order valence-electron chi connectivity index (χ2n) is 11.1. The molecule has 6 heteroatoms. The summed E-state index contributed by atoms with van der Waals surface area (Å²) in [4.78, 5) is 35.9. The van der Waals surface area contributed by atoms with E-state index < -0.39 is 5.60 Å². The van der Waals surface area contributed by atoms with Crippen LogP contribution in [0.2, 0.25) is 0 Å². The molecule has 4 rings (SSSR count).